The Hall–Kier alpha value is -0.160. The van der Waals surface area contributed by atoms with E-state index in [1.165, 1.54) is 0 Å². The molecule has 0 bridgehead atoms. The Morgan fingerprint density at radius 2 is 0.727 bits per heavy atom. The Labute approximate surface area is 136 Å². The minimum absolute atomic E-state index is 0.127. The first-order chi connectivity index (χ1) is 10.3. The molecule has 0 saturated heterocycles. The highest BCUT2D eigenvalue weighted by atomic mass is 16.3. The molecule has 22 heavy (non-hydrogen) atoms. The molecule has 0 aromatic rings. The van der Waals surface area contributed by atoms with Crippen LogP contribution in [-0.2, 0) is 0 Å². The van der Waals surface area contributed by atoms with Gasteiger partial charge in [0.1, 0.15) is 0 Å². The number of aliphatic hydroxyl groups is 4. The number of rotatable bonds is 11. The summed E-state index contributed by atoms with van der Waals surface area (Å²) in [7, 11) is 0. The highest BCUT2D eigenvalue weighted by Gasteiger charge is 2.42. The van der Waals surface area contributed by atoms with Crippen LogP contribution in [0.2, 0.25) is 0 Å². The molecule has 0 aromatic carbocycles. The van der Waals surface area contributed by atoms with Crippen LogP contribution in [0, 0.1) is 23.7 Å². The van der Waals surface area contributed by atoms with E-state index in [2.05, 4.69) is 0 Å². The van der Waals surface area contributed by atoms with Gasteiger partial charge in [0, 0.05) is 0 Å². The van der Waals surface area contributed by atoms with Crippen molar-refractivity contribution in [3.8, 4) is 0 Å². The quantitative estimate of drug-likeness (QED) is 0.472. The maximum absolute atomic E-state index is 10.5. The first kappa shape index (κ1) is 21.8. The molecule has 0 radical (unpaired) electrons. The smallest absolute Gasteiger partial charge is 0.0573 e. The van der Waals surface area contributed by atoms with Crippen LogP contribution in [0.25, 0.3) is 0 Å². The van der Waals surface area contributed by atoms with E-state index >= 15 is 0 Å². The summed E-state index contributed by atoms with van der Waals surface area (Å²) in [6.07, 6.45) is 0.192. The van der Waals surface area contributed by atoms with Crippen LogP contribution in [-0.4, -0.2) is 44.8 Å². The molecular weight excluding hydrogens is 280 g/mol. The minimum atomic E-state index is -0.589. The molecule has 0 spiro atoms. The molecule has 0 aliphatic carbocycles. The van der Waals surface area contributed by atoms with Gasteiger partial charge in [-0.2, -0.15) is 0 Å². The van der Waals surface area contributed by atoms with Crippen molar-refractivity contribution in [2.45, 2.75) is 91.6 Å². The molecule has 0 rings (SSSR count). The van der Waals surface area contributed by atoms with Crippen molar-refractivity contribution in [1.29, 1.82) is 0 Å². The third-order valence-corrected chi connectivity index (χ3v) is 5.43. The molecule has 8 atom stereocenters. The summed E-state index contributed by atoms with van der Waals surface area (Å²) in [4.78, 5) is 0. The molecule has 0 fully saturated rings. The maximum Gasteiger partial charge on any atom is 0.0573 e. The van der Waals surface area contributed by atoms with E-state index < -0.39 is 24.4 Å². The summed E-state index contributed by atoms with van der Waals surface area (Å²) in [5, 5.41) is 41.6. The fourth-order valence-electron chi connectivity index (χ4n) is 3.72. The number of aliphatic hydroxyl groups excluding tert-OH is 4. The Morgan fingerprint density at radius 3 is 0.909 bits per heavy atom. The average molecular weight is 318 g/mol. The van der Waals surface area contributed by atoms with Crippen LogP contribution in [0.4, 0.5) is 0 Å². The van der Waals surface area contributed by atoms with E-state index in [1.54, 1.807) is 0 Å². The predicted octanol–water partition coefficient (Wildman–Crippen LogP) is 2.57. The van der Waals surface area contributed by atoms with Crippen molar-refractivity contribution in [1.82, 2.24) is 0 Å². The monoisotopic (exact) mass is 318 g/mol. The second-order valence-electron chi connectivity index (χ2n) is 6.78. The fraction of sp³-hybridized carbons (Fsp3) is 1.00. The highest BCUT2D eigenvalue weighted by Crippen LogP contribution is 2.38. The summed E-state index contributed by atoms with van der Waals surface area (Å²) in [6.45, 7) is 11.6. The van der Waals surface area contributed by atoms with Gasteiger partial charge in [-0.3, -0.25) is 0 Å². The Bertz CT molecular complexity index is 256. The molecule has 0 saturated carbocycles. The van der Waals surface area contributed by atoms with E-state index in [9.17, 15) is 20.4 Å². The van der Waals surface area contributed by atoms with Crippen LogP contribution in [0.1, 0.15) is 67.2 Å². The standard InChI is InChI=1S/C18H38O4/c1-7-13(19)11(5)17(15(21)9-3)18(16(22)10-4)12(6)14(20)8-2/h11-22H,7-10H2,1-6H3. The zero-order chi connectivity index (χ0) is 17.4. The number of hydrogen-bond acceptors (Lipinski definition) is 4. The van der Waals surface area contributed by atoms with Crippen molar-refractivity contribution in [2.75, 3.05) is 0 Å². The molecule has 0 aliphatic heterocycles. The predicted molar refractivity (Wildman–Crippen MR) is 90.5 cm³/mol. The molecule has 0 aromatic heterocycles. The minimum Gasteiger partial charge on any atom is -0.393 e. The first-order valence-electron chi connectivity index (χ1n) is 8.98. The van der Waals surface area contributed by atoms with Crippen molar-refractivity contribution >= 4 is 0 Å². The molecule has 4 heteroatoms. The lowest BCUT2D eigenvalue weighted by atomic mass is 9.66. The van der Waals surface area contributed by atoms with Gasteiger partial charge in [-0.1, -0.05) is 41.5 Å². The van der Waals surface area contributed by atoms with E-state index in [1.807, 2.05) is 41.5 Å². The van der Waals surface area contributed by atoms with Gasteiger partial charge in [-0.25, -0.2) is 0 Å². The van der Waals surface area contributed by atoms with Crippen molar-refractivity contribution in [2.24, 2.45) is 23.7 Å². The molecule has 4 nitrogen and oxygen atoms in total. The first-order valence-corrected chi connectivity index (χ1v) is 8.98. The van der Waals surface area contributed by atoms with Gasteiger partial charge in [-0.15, -0.1) is 0 Å². The third-order valence-electron chi connectivity index (χ3n) is 5.43. The third kappa shape index (κ3) is 5.48. The largest absolute Gasteiger partial charge is 0.393 e. The van der Waals surface area contributed by atoms with Gasteiger partial charge in [0.25, 0.3) is 0 Å². The lowest BCUT2D eigenvalue weighted by molar-refractivity contribution is -0.0893. The van der Waals surface area contributed by atoms with Gasteiger partial charge in [0.05, 0.1) is 24.4 Å². The topological polar surface area (TPSA) is 80.9 Å². The van der Waals surface area contributed by atoms with E-state index in [-0.39, 0.29) is 23.7 Å². The van der Waals surface area contributed by atoms with E-state index in [0.29, 0.717) is 25.7 Å². The summed E-state index contributed by atoms with van der Waals surface area (Å²) in [6, 6.07) is 0. The van der Waals surface area contributed by atoms with Crippen LogP contribution in [0.3, 0.4) is 0 Å². The summed E-state index contributed by atoms with van der Waals surface area (Å²) < 4.78 is 0. The Morgan fingerprint density at radius 1 is 0.500 bits per heavy atom. The molecule has 0 heterocycles. The van der Waals surface area contributed by atoms with Crippen LogP contribution in [0.5, 0.6) is 0 Å². The zero-order valence-electron chi connectivity index (χ0n) is 15.2. The fourth-order valence-corrected chi connectivity index (χ4v) is 3.72. The molecule has 8 unspecified atom stereocenters. The normalized spacial score (nSPS) is 23.2. The van der Waals surface area contributed by atoms with Gasteiger partial charge in [0.2, 0.25) is 0 Å². The molecule has 134 valence electrons. The molecular formula is C18H38O4. The second kappa shape index (κ2) is 10.6. The summed E-state index contributed by atoms with van der Waals surface area (Å²) in [5.41, 5.74) is 0. The van der Waals surface area contributed by atoms with Gasteiger partial charge < -0.3 is 20.4 Å². The average Bonchev–Trinajstić information content (AvgIpc) is 2.55. The van der Waals surface area contributed by atoms with E-state index in [0.717, 1.165) is 0 Å². The lowest BCUT2D eigenvalue weighted by Gasteiger charge is -2.43. The number of hydrogen-bond donors (Lipinski definition) is 4. The molecule has 4 N–H and O–H groups in total. The van der Waals surface area contributed by atoms with Gasteiger partial charge >= 0.3 is 0 Å². The summed E-state index contributed by atoms with van der Waals surface area (Å²) in [5.74, 6) is -0.715. The van der Waals surface area contributed by atoms with Crippen LogP contribution >= 0.6 is 0 Å². The van der Waals surface area contributed by atoms with E-state index in [4.69, 9.17) is 0 Å². The SMILES string of the molecule is CCC(O)C(C)C(C(O)CC)C(C(O)CC)C(C)C(O)CC. The van der Waals surface area contributed by atoms with Crippen molar-refractivity contribution in [3.63, 3.8) is 0 Å². The molecule has 0 aliphatic rings. The summed E-state index contributed by atoms with van der Waals surface area (Å²) >= 11 is 0. The van der Waals surface area contributed by atoms with Crippen LogP contribution in [0.15, 0.2) is 0 Å². The second-order valence-corrected chi connectivity index (χ2v) is 6.78. The van der Waals surface area contributed by atoms with Gasteiger partial charge in [-0.05, 0) is 49.4 Å². The van der Waals surface area contributed by atoms with Crippen molar-refractivity contribution < 1.29 is 20.4 Å². The Balaban J connectivity index is 5.63. The van der Waals surface area contributed by atoms with Crippen molar-refractivity contribution in [3.05, 3.63) is 0 Å². The maximum atomic E-state index is 10.5. The lowest BCUT2D eigenvalue weighted by Crippen LogP contribution is -2.47. The van der Waals surface area contributed by atoms with Crippen LogP contribution < -0.4 is 0 Å². The molecule has 0 amide bonds. The van der Waals surface area contributed by atoms with Gasteiger partial charge in [0.15, 0.2) is 0 Å². The zero-order valence-corrected chi connectivity index (χ0v) is 15.2. The highest BCUT2D eigenvalue weighted by molar-refractivity contribution is 4.90. The Kier molecular flexibility index (Phi) is 10.5.